The third kappa shape index (κ3) is 5.41. The van der Waals surface area contributed by atoms with Crippen molar-refractivity contribution in [1.29, 1.82) is 0 Å². The minimum atomic E-state index is -4.25. The molecule has 19 heavy (non-hydrogen) atoms. The first-order valence-corrected chi connectivity index (χ1v) is 6.76. The van der Waals surface area contributed by atoms with Crippen molar-refractivity contribution in [3.8, 4) is 0 Å². The SMILES string of the molecule is C[n+]1ccc(C=O)cc1.O=S(=O)([O-])c1ccccc1. The van der Waals surface area contributed by atoms with Crippen molar-refractivity contribution in [2.75, 3.05) is 0 Å². The molecule has 0 aliphatic heterocycles. The molecular formula is C13H13NO4S. The smallest absolute Gasteiger partial charge is 0.169 e. The van der Waals surface area contributed by atoms with Gasteiger partial charge in [0.2, 0.25) is 0 Å². The van der Waals surface area contributed by atoms with Gasteiger partial charge in [0.05, 0.1) is 4.90 Å². The van der Waals surface area contributed by atoms with Crippen LogP contribution in [0.2, 0.25) is 0 Å². The van der Waals surface area contributed by atoms with Gasteiger partial charge in [0.1, 0.15) is 17.2 Å². The van der Waals surface area contributed by atoms with Crippen molar-refractivity contribution in [2.24, 2.45) is 7.05 Å². The average molecular weight is 279 g/mol. The van der Waals surface area contributed by atoms with Crippen LogP contribution in [0, 0.1) is 0 Å². The molecule has 100 valence electrons. The first-order valence-electron chi connectivity index (χ1n) is 5.35. The van der Waals surface area contributed by atoms with Crippen LogP contribution in [0.25, 0.3) is 0 Å². The van der Waals surface area contributed by atoms with E-state index in [0.29, 0.717) is 5.56 Å². The van der Waals surface area contributed by atoms with Gasteiger partial charge in [-0.25, -0.2) is 13.0 Å². The highest BCUT2D eigenvalue weighted by molar-refractivity contribution is 7.85. The fraction of sp³-hybridized carbons (Fsp3) is 0.0769. The molecule has 0 saturated carbocycles. The summed E-state index contributed by atoms with van der Waals surface area (Å²) in [4.78, 5) is 9.92. The molecule has 0 aliphatic carbocycles. The molecule has 6 heteroatoms. The topological polar surface area (TPSA) is 78.1 Å². The van der Waals surface area contributed by atoms with Gasteiger partial charge in [-0.2, -0.15) is 0 Å². The molecule has 0 spiro atoms. The summed E-state index contributed by atoms with van der Waals surface area (Å²) in [6.45, 7) is 0. The lowest BCUT2D eigenvalue weighted by atomic mass is 10.3. The minimum absolute atomic E-state index is 0.185. The number of aldehydes is 1. The van der Waals surface area contributed by atoms with E-state index in [0.717, 1.165) is 6.29 Å². The number of aryl methyl sites for hydroxylation is 1. The van der Waals surface area contributed by atoms with Crippen molar-refractivity contribution < 1.29 is 22.3 Å². The molecule has 0 fully saturated rings. The van der Waals surface area contributed by atoms with Crippen LogP contribution in [-0.2, 0) is 17.2 Å². The Hall–Kier alpha value is -2.05. The number of pyridine rings is 1. The normalized spacial score (nSPS) is 10.2. The van der Waals surface area contributed by atoms with Crippen molar-refractivity contribution >= 4 is 16.4 Å². The van der Waals surface area contributed by atoms with E-state index >= 15 is 0 Å². The quantitative estimate of drug-likeness (QED) is 0.465. The van der Waals surface area contributed by atoms with E-state index < -0.39 is 10.1 Å². The molecule has 0 amide bonds. The van der Waals surface area contributed by atoms with Gasteiger partial charge < -0.3 is 4.55 Å². The highest BCUT2D eigenvalue weighted by Gasteiger charge is 1.95. The first kappa shape index (κ1) is 15.0. The number of carbonyl (C=O) groups excluding carboxylic acids is 1. The molecule has 0 saturated heterocycles. The number of hydrogen-bond acceptors (Lipinski definition) is 4. The van der Waals surface area contributed by atoms with E-state index in [4.69, 9.17) is 0 Å². The summed E-state index contributed by atoms with van der Waals surface area (Å²) < 4.78 is 32.7. The van der Waals surface area contributed by atoms with Gasteiger partial charge in [-0.1, -0.05) is 18.2 Å². The largest absolute Gasteiger partial charge is 0.744 e. The molecule has 0 atom stereocenters. The van der Waals surface area contributed by atoms with Crippen molar-refractivity contribution in [3.05, 3.63) is 60.4 Å². The average Bonchev–Trinajstić information content (AvgIpc) is 2.40. The maximum atomic E-state index is 10.3. The van der Waals surface area contributed by atoms with Gasteiger partial charge in [-0.3, -0.25) is 4.79 Å². The summed E-state index contributed by atoms with van der Waals surface area (Å²) in [6, 6.07) is 10.7. The zero-order chi connectivity index (χ0) is 14.3. The van der Waals surface area contributed by atoms with Crippen molar-refractivity contribution in [3.63, 3.8) is 0 Å². The van der Waals surface area contributed by atoms with E-state index in [-0.39, 0.29) is 4.90 Å². The van der Waals surface area contributed by atoms with Gasteiger partial charge >= 0.3 is 0 Å². The fourth-order valence-electron chi connectivity index (χ4n) is 1.18. The molecule has 0 bridgehead atoms. The number of rotatable bonds is 2. The Balaban J connectivity index is 0.000000191. The van der Waals surface area contributed by atoms with Crippen LogP contribution in [-0.4, -0.2) is 19.3 Å². The first-order chi connectivity index (χ1) is 8.93. The van der Waals surface area contributed by atoms with Crippen molar-refractivity contribution in [2.45, 2.75) is 4.90 Å². The second-order valence-electron chi connectivity index (χ2n) is 3.68. The molecule has 0 radical (unpaired) electrons. The second-order valence-corrected chi connectivity index (χ2v) is 5.06. The van der Waals surface area contributed by atoms with Crippen LogP contribution >= 0.6 is 0 Å². The maximum Gasteiger partial charge on any atom is 0.169 e. The highest BCUT2D eigenvalue weighted by atomic mass is 32.2. The van der Waals surface area contributed by atoms with Crippen LogP contribution in [0.1, 0.15) is 10.4 Å². The number of nitrogens with zero attached hydrogens (tertiary/aromatic N) is 1. The predicted octanol–water partition coefficient (Wildman–Crippen LogP) is 0.914. The van der Waals surface area contributed by atoms with E-state index in [2.05, 4.69) is 0 Å². The Labute approximate surface area is 111 Å². The van der Waals surface area contributed by atoms with Crippen molar-refractivity contribution in [1.82, 2.24) is 0 Å². The maximum absolute atomic E-state index is 10.3. The summed E-state index contributed by atoms with van der Waals surface area (Å²) in [7, 11) is -2.34. The molecule has 5 nitrogen and oxygen atoms in total. The van der Waals surface area contributed by atoms with Gasteiger partial charge in [0.15, 0.2) is 18.7 Å². The predicted molar refractivity (Wildman–Crippen MR) is 67.4 cm³/mol. The van der Waals surface area contributed by atoms with Gasteiger partial charge in [-0.15, -0.1) is 0 Å². The molecule has 1 heterocycles. The van der Waals surface area contributed by atoms with E-state index in [9.17, 15) is 17.8 Å². The Kier molecular flexibility index (Phi) is 5.35. The summed E-state index contributed by atoms with van der Waals surface area (Å²) in [5.74, 6) is 0. The van der Waals surface area contributed by atoms with Gasteiger partial charge in [0, 0.05) is 17.7 Å². The summed E-state index contributed by atoms with van der Waals surface area (Å²) in [5.41, 5.74) is 0.716. The summed E-state index contributed by atoms with van der Waals surface area (Å²) >= 11 is 0. The molecular weight excluding hydrogens is 266 g/mol. The monoisotopic (exact) mass is 279 g/mol. The van der Waals surface area contributed by atoms with Gasteiger partial charge in [-0.05, 0) is 12.1 Å². The number of hydrogen-bond donors (Lipinski definition) is 0. The van der Waals surface area contributed by atoms with Crippen LogP contribution in [0.5, 0.6) is 0 Å². The molecule has 1 aromatic heterocycles. The van der Waals surface area contributed by atoms with Gasteiger partial charge in [0.25, 0.3) is 0 Å². The van der Waals surface area contributed by atoms with Crippen LogP contribution in [0.4, 0.5) is 0 Å². The number of carbonyl (C=O) groups is 1. The number of aromatic nitrogens is 1. The van der Waals surface area contributed by atoms with E-state index in [1.54, 1.807) is 18.2 Å². The second kappa shape index (κ2) is 6.77. The zero-order valence-corrected chi connectivity index (χ0v) is 11.1. The Morgan fingerprint density at radius 2 is 1.58 bits per heavy atom. The molecule has 0 N–H and O–H groups in total. The lowest BCUT2D eigenvalue weighted by molar-refractivity contribution is -0.671. The third-order valence-electron chi connectivity index (χ3n) is 2.17. The Bertz CT molecular complexity index is 621. The summed E-state index contributed by atoms with van der Waals surface area (Å²) in [5, 5.41) is 0. The molecule has 2 rings (SSSR count). The number of benzene rings is 1. The zero-order valence-electron chi connectivity index (χ0n) is 10.3. The molecule has 0 aliphatic rings. The van der Waals surface area contributed by atoms with E-state index in [1.165, 1.54) is 24.3 Å². The fourth-order valence-corrected chi connectivity index (χ4v) is 1.67. The lowest BCUT2D eigenvalue weighted by Crippen LogP contribution is -2.25. The van der Waals surface area contributed by atoms with Crippen LogP contribution in [0.3, 0.4) is 0 Å². The molecule has 1 aromatic carbocycles. The lowest BCUT2D eigenvalue weighted by Gasteiger charge is -2.04. The highest BCUT2D eigenvalue weighted by Crippen LogP contribution is 2.04. The van der Waals surface area contributed by atoms with E-state index in [1.807, 2.05) is 24.0 Å². The molecule has 0 unspecified atom stereocenters. The summed E-state index contributed by atoms with van der Waals surface area (Å²) in [6.07, 6.45) is 4.51. The standard InChI is InChI=1S/C7H8NO.C6H6O3S/c1-8-4-2-7(6-9)3-5-8;7-10(8,9)6-4-2-1-3-5-6/h2-6H,1H3;1-5H,(H,7,8,9)/q+1;/p-1. The van der Waals surface area contributed by atoms with Crippen LogP contribution in [0.15, 0.2) is 59.8 Å². The third-order valence-corrected chi connectivity index (χ3v) is 3.02. The Morgan fingerprint density at radius 3 is 1.95 bits per heavy atom. The van der Waals surface area contributed by atoms with Crippen LogP contribution < -0.4 is 4.57 Å². The minimum Gasteiger partial charge on any atom is -0.744 e. The molecule has 2 aromatic rings. The Morgan fingerprint density at radius 1 is 1.05 bits per heavy atom.